The van der Waals surface area contributed by atoms with Crippen molar-refractivity contribution in [1.29, 1.82) is 0 Å². The van der Waals surface area contributed by atoms with Crippen molar-refractivity contribution in [3.63, 3.8) is 0 Å². The lowest BCUT2D eigenvalue weighted by atomic mass is 10.1. The fraction of sp³-hybridized carbons (Fsp3) is 0.714. The van der Waals surface area contributed by atoms with Crippen LogP contribution in [0.1, 0.15) is 20.3 Å². The van der Waals surface area contributed by atoms with E-state index in [2.05, 4.69) is 5.73 Å². The summed E-state index contributed by atoms with van der Waals surface area (Å²) in [6.45, 7) is 3.89. The molecule has 0 rings (SSSR count). The van der Waals surface area contributed by atoms with Gasteiger partial charge in [0.05, 0.1) is 0 Å². The Morgan fingerprint density at radius 3 is 2.00 bits per heavy atom. The highest BCUT2D eigenvalue weighted by Gasteiger charge is 2.11. The molecule has 0 aromatic heterocycles. The van der Waals surface area contributed by atoms with E-state index in [9.17, 15) is 4.79 Å². The highest BCUT2D eigenvalue weighted by Crippen LogP contribution is 2.01. The molecule has 0 heterocycles. The summed E-state index contributed by atoms with van der Waals surface area (Å²) in [6.07, 6.45) is 0.801. The van der Waals surface area contributed by atoms with E-state index in [1.165, 1.54) is 0 Å². The molecule has 0 unspecified atom stereocenters. The molecule has 1 atom stereocenters. The highest BCUT2D eigenvalue weighted by molar-refractivity contribution is 5.72. The Hall–Kier alpha value is -1.10. The Balaban J connectivity index is 0. The molecule has 5 heteroatoms. The molecule has 0 aliphatic heterocycles. The highest BCUT2D eigenvalue weighted by atomic mass is 16.4. The molecule has 0 aliphatic rings. The van der Waals surface area contributed by atoms with Crippen LogP contribution in [0.4, 0.5) is 0 Å². The minimum Gasteiger partial charge on any atom is -0.480 e. The van der Waals surface area contributed by atoms with E-state index in [-0.39, 0.29) is 6.41 Å². The monoisotopic (exact) mass is 176 g/mol. The van der Waals surface area contributed by atoms with E-state index >= 15 is 0 Å². The smallest absolute Gasteiger partial charge is 0.320 e. The number of carboxylic acids is 1. The summed E-state index contributed by atoms with van der Waals surface area (Å²) in [4.78, 5) is 18.7. The minimum atomic E-state index is -0.913. The maximum atomic E-state index is 10.1. The van der Waals surface area contributed by atoms with Gasteiger partial charge >= 0.3 is 5.97 Å². The van der Waals surface area contributed by atoms with E-state index in [0.29, 0.717) is 12.3 Å². The lowest BCUT2D eigenvalue weighted by Crippen LogP contribution is -2.31. The van der Waals surface area contributed by atoms with Gasteiger partial charge in [-0.05, 0) is 12.3 Å². The molecule has 0 fully saturated rings. The van der Waals surface area contributed by atoms with Crippen LogP contribution in [0.25, 0.3) is 0 Å². The Morgan fingerprint density at radius 1 is 1.58 bits per heavy atom. The molecule has 0 saturated heterocycles. The Labute approximate surface area is 71.7 Å². The van der Waals surface area contributed by atoms with Crippen molar-refractivity contribution >= 4 is 12.4 Å². The second-order valence-corrected chi connectivity index (χ2v) is 2.71. The summed E-state index contributed by atoms with van der Waals surface area (Å²) in [7, 11) is 0. The van der Waals surface area contributed by atoms with Gasteiger partial charge < -0.3 is 16.6 Å². The number of hydrogen-bond acceptors (Lipinski definition) is 3. The van der Waals surface area contributed by atoms with Gasteiger partial charge in [0, 0.05) is 0 Å². The molecule has 0 radical (unpaired) electrons. The van der Waals surface area contributed by atoms with Gasteiger partial charge in [0.1, 0.15) is 6.04 Å². The Morgan fingerprint density at radius 2 is 1.92 bits per heavy atom. The minimum absolute atomic E-state index is 0.250. The molecule has 5 N–H and O–H groups in total. The normalized spacial score (nSPS) is 11.3. The third-order valence-electron chi connectivity index (χ3n) is 1.04. The average molecular weight is 176 g/mol. The maximum Gasteiger partial charge on any atom is 0.320 e. The SMILES string of the molecule is CC(C)C[C@H](N)C(=O)O.NC=O. The van der Waals surface area contributed by atoms with Crippen LogP contribution in [0.5, 0.6) is 0 Å². The zero-order chi connectivity index (χ0) is 10.1. The Bertz CT molecular complexity index is 137. The van der Waals surface area contributed by atoms with Crippen molar-refractivity contribution in [3.05, 3.63) is 0 Å². The predicted molar refractivity (Wildman–Crippen MR) is 45.3 cm³/mol. The first-order chi connectivity index (χ1) is 5.45. The van der Waals surface area contributed by atoms with Crippen LogP contribution in [0.15, 0.2) is 0 Å². The fourth-order valence-electron chi connectivity index (χ4n) is 0.609. The molecule has 0 saturated carbocycles. The van der Waals surface area contributed by atoms with E-state index in [1.54, 1.807) is 0 Å². The molecular formula is C7H16N2O3. The van der Waals surface area contributed by atoms with Crippen LogP contribution in [-0.2, 0) is 9.59 Å². The predicted octanol–water partition coefficient (Wildman–Crippen LogP) is -0.454. The summed E-state index contributed by atoms with van der Waals surface area (Å²) < 4.78 is 0. The number of carbonyl (C=O) groups excluding carboxylic acids is 1. The number of rotatable bonds is 3. The zero-order valence-corrected chi connectivity index (χ0v) is 7.36. The second-order valence-electron chi connectivity index (χ2n) is 2.71. The first-order valence-corrected chi connectivity index (χ1v) is 3.59. The molecule has 12 heavy (non-hydrogen) atoms. The molecule has 1 amide bonds. The number of carboxylic acid groups (broad SMARTS) is 1. The molecule has 72 valence electrons. The lowest BCUT2D eigenvalue weighted by molar-refractivity contribution is -0.138. The second kappa shape index (κ2) is 8.00. The van der Waals surface area contributed by atoms with Crippen LogP contribution in [0, 0.1) is 5.92 Å². The van der Waals surface area contributed by atoms with Crippen molar-refractivity contribution in [2.75, 3.05) is 0 Å². The van der Waals surface area contributed by atoms with Crippen molar-refractivity contribution < 1.29 is 14.7 Å². The van der Waals surface area contributed by atoms with Crippen molar-refractivity contribution in [2.45, 2.75) is 26.3 Å². The molecule has 0 aromatic rings. The third-order valence-corrected chi connectivity index (χ3v) is 1.04. The van der Waals surface area contributed by atoms with Gasteiger partial charge in [0.15, 0.2) is 0 Å². The first-order valence-electron chi connectivity index (χ1n) is 3.59. The Kier molecular flexibility index (Phi) is 8.99. The standard InChI is InChI=1S/C6H13NO2.CH3NO/c1-4(2)3-5(7)6(8)9;2-1-3/h4-5H,3,7H2,1-2H3,(H,8,9);1H,(H2,2,3)/t5-;/m0./s1. The van der Waals surface area contributed by atoms with Crippen molar-refractivity contribution in [3.8, 4) is 0 Å². The van der Waals surface area contributed by atoms with Crippen LogP contribution < -0.4 is 11.5 Å². The lowest BCUT2D eigenvalue weighted by Gasteiger charge is -2.07. The van der Waals surface area contributed by atoms with Gasteiger partial charge in [0.25, 0.3) is 0 Å². The van der Waals surface area contributed by atoms with Crippen LogP contribution in [-0.4, -0.2) is 23.5 Å². The van der Waals surface area contributed by atoms with Gasteiger partial charge in [0.2, 0.25) is 6.41 Å². The molecular weight excluding hydrogens is 160 g/mol. The molecule has 0 bridgehead atoms. The van der Waals surface area contributed by atoms with Gasteiger partial charge in [-0.2, -0.15) is 0 Å². The van der Waals surface area contributed by atoms with Crippen LogP contribution in [0.3, 0.4) is 0 Å². The number of aliphatic carboxylic acids is 1. The quantitative estimate of drug-likeness (QED) is 0.506. The topological polar surface area (TPSA) is 106 Å². The number of amides is 1. The van der Waals surface area contributed by atoms with E-state index in [4.69, 9.17) is 15.6 Å². The number of carbonyl (C=O) groups is 2. The van der Waals surface area contributed by atoms with E-state index < -0.39 is 12.0 Å². The zero-order valence-electron chi connectivity index (χ0n) is 7.36. The summed E-state index contributed by atoms with van der Waals surface area (Å²) >= 11 is 0. The first kappa shape index (κ1) is 13.5. The van der Waals surface area contributed by atoms with Crippen molar-refractivity contribution in [2.24, 2.45) is 17.4 Å². The summed E-state index contributed by atoms with van der Waals surface area (Å²) in [5, 5.41) is 8.31. The van der Waals surface area contributed by atoms with Gasteiger partial charge in [-0.25, -0.2) is 0 Å². The fourth-order valence-corrected chi connectivity index (χ4v) is 0.609. The number of hydrogen-bond donors (Lipinski definition) is 3. The number of nitrogens with two attached hydrogens (primary N) is 2. The average Bonchev–Trinajstić information content (AvgIpc) is 1.87. The van der Waals surface area contributed by atoms with Crippen molar-refractivity contribution in [1.82, 2.24) is 0 Å². The largest absolute Gasteiger partial charge is 0.480 e. The summed E-state index contributed by atoms with van der Waals surface area (Å²) in [5.41, 5.74) is 9.38. The molecule has 5 nitrogen and oxygen atoms in total. The molecule has 0 aromatic carbocycles. The van der Waals surface area contributed by atoms with Gasteiger partial charge in [-0.1, -0.05) is 13.8 Å². The third kappa shape index (κ3) is 11.7. The van der Waals surface area contributed by atoms with E-state index in [1.807, 2.05) is 13.8 Å². The van der Waals surface area contributed by atoms with Crippen LogP contribution >= 0.6 is 0 Å². The van der Waals surface area contributed by atoms with Crippen LogP contribution in [0.2, 0.25) is 0 Å². The number of primary amides is 1. The van der Waals surface area contributed by atoms with Gasteiger partial charge in [-0.15, -0.1) is 0 Å². The molecule has 0 spiro atoms. The summed E-state index contributed by atoms with van der Waals surface area (Å²) in [6, 6.07) is -0.690. The van der Waals surface area contributed by atoms with E-state index in [0.717, 1.165) is 0 Å². The van der Waals surface area contributed by atoms with Gasteiger partial charge in [-0.3, -0.25) is 9.59 Å². The maximum absolute atomic E-state index is 10.1. The molecule has 0 aliphatic carbocycles. The summed E-state index contributed by atoms with van der Waals surface area (Å²) in [5.74, 6) is -0.556.